The van der Waals surface area contributed by atoms with E-state index >= 15 is 0 Å². The van der Waals surface area contributed by atoms with Gasteiger partial charge < -0.3 is 15.4 Å². The summed E-state index contributed by atoms with van der Waals surface area (Å²) in [6.07, 6.45) is 2.01. The molecule has 28 heavy (non-hydrogen) atoms. The van der Waals surface area contributed by atoms with Gasteiger partial charge >= 0.3 is 6.03 Å². The van der Waals surface area contributed by atoms with Crippen LogP contribution in [0.2, 0.25) is 0 Å². The van der Waals surface area contributed by atoms with Gasteiger partial charge in [-0.2, -0.15) is 0 Å². The maximum absolute atomic E-state index is 12.5. The van der Waals surface area contributed by atoms with E-state index in [2.05, 4.69) is 15.6 Å². The van der Waals surface area contributed by atoms with Crippen LogP contribution in [0.4, 0.5) is 4.79 Å². The number of imide groups is 1. The minimum atomic E-state index is -0.853. The van der Waals surface area contributed by atoms with E-state index in [1.54, 1.807) is 25.4 Å². The Kier molecular flexibility index (Phi) is 6.21. The zero-order valence-electron chi connectivity index (χ0n) is 15.6. The van der Waals surface area contributed by atoms with Gasteiger partial charge in [0.25, 0.3) is 5.91 Å². The minimum absolute atomic E-state index is 0.109. The first-order valence-corrected chi connectivity index (χ1v) is 8.99. The first-order valence-electron chi connectivity index (χ1n) is 8.99. The largest absolute Gasteiger partial charge is 0.496 e. The lowest BCUT2D eigenvalue weighted by molar-refractivity contribution is -0.130. The molecule has 1 atom stereocenters. The molecule has 0 unspecified atom stereocenters. The summed E-state index contributed by atoms with van der Waals surface area (Å²) in [5.41, 5.74) is 1.62. The Morgan fingerprint density at radius 2 is 2.00 bits per heavy atom. The average Bonchev–Trinajstić information content (AvgIpc) is 2.98. The molecule has 8 heteroatoms. The summed E-state index contributed by atoms with van der Waals surface area (Å²) < 4.78 is 5.29. The Morgan fingerprint density at radius 1 is 1.21 bits per heavy atom. The highest BCUT2D eigenvalue weighted by molar-refractivity contribution is 6.05. The molecule has 2 N–H and O–H groups in total. The Hall–Kier alpha value is -3.42. The van der Waals surface area contributed by atoms with Gasteiger partial charge in [0.05, 0.1) is 25.8 Å². The van der Waals surface area contributed by atoms with E-state index in [9.17, 15) is 14.4 Å². The molecule has 4 amide bonds. The van der Waals surface area contributed by atoms with E-state index in [0.717, 1.165) is 16.2 Å². The molecule has 3 rings (SSSR count). The number of hydrogen-bond acceptors (Lipinski definition) is 5. The van der Waals surface area contributed by atoms with Crippen molar-refractivity contribution in [3.05, 3.63) is 59.9 Å². The van der Waals surface area contributed by atoms with E-state index in [1.807, 2.05) is 30.3 Å². The molecule has 1 saturated heterocycles. The van der Waals surface area contributed by atoms with Gasteiger partial charge in [0.1, 0.15) is 11.8 Å². The lowest BCUT2D eigenvalue weighted by atomic mass is 10.1. The summed E-state index contributed by atoms with van der Waals surface area (Å²) in [6.45, 7) is 0.489. The van der Waals surface area contributed by atoms with E-state index in [0.29, 0.717) is 12.2 Å². The fourth-order valence-corrected chi connectivity index (χ4v) is 3.02. The van der Waals surface area contributed by atoms with Crippen LogP contribution in [0, 0.1) is 0 Å². The standard InChI is InChI=1S/C20H22N4O4/c1-28-17-8-3-2-6-14(17)9-11-24-19(26)16(23-20(24)27)12-18(25)22-13-15-7-4-5-10-21-15/h2-8,10,16H,9,11-13H2,1H3,(H,22,25)(H,23,27)/t16-/m1/s1. The Bertz CT molecular complexity index is 856. The van der Waals surface area contributed by atoms with Crippen LogP contribution < -0.4 is 15.4 Å². The predicted molar refractivity (Wildman–Crippen MR) is 101 cm³/mol. The maximum atomic E-state index is 12.5. The molecule has 1 aliphatic rings. The second-order valence-electron chi connectivity index (χ2n) is 6.36. The second kappa shape index (κ2) is 8.98. The first-order chi connectivity index (χ1) is 13.6. The Labute approximate surface area is 162 Å². The molecule has 1 aromatic heterocycles. The second-order valence-corrected chi connectivity index (χ2v) is 6.36. The molecule has 1 aromatic carbocycles. The summed E-state index contributed by atoms with van der Waals surface area (Å²) in [5, 5.41) is 5.29. The topological polar surface area (TPSA) is 101 Å². The number of carbonyl (C=O) groups excluding carboxylic acids is 3. The number of nitrogens with one attached hydrogen (secondary N) is 2. The van der Waals surface area contributed by atoms with Crippen molar-refractivity contribution in [2.75, 3.05) is 13.7 Å². The van der Waals surface area contributed by atoms with Gasteiger partial charge in [-0.15, -0.1) is 0 Å². The third kappa shape index (κ3) is 4.64. The van der Waals surface area contributed by atoms with Crippen molar-refractivity contribution < 1.29 is 19.1 Å². The quantitative estimate of drug-likeness (QED) is 0.670. The Balaban J connectivity index is 1.52. The molecule has 2 heterocycles. The monoisotopic (exact) mass is 382 g/mol. The third-order valence-electron chi connectivity index (χ3n) is 4.49. The highest BCUT2D eigenvalue weighted by Crippen LogP contribution is 2.19. The number of ether oxygens (including phenoxy) is 1. The summed E-state index contributed by atoms with van der Waals surface area (Å²) in [4.78, 5) is 42.1. The SMILES string of the molecule is COc1ccccc1CCN1C(=O)N[C@H](CC(=O)NCc2ccccn2)C1=O. The van der Waals surface area contributed by atoms with E-state index in [-0.39, 0.29) is 25.4 Å². The van der Waals surface area contributed by atoms with Gasteiger partial charge in [-0.3, -0.25) is 19.5 Å². The summed E-state index contributed by atoms with van der Waals surface area (Å²) in [7, 11) is 1.58. The van der Waals surface area contributed by atoms with Gasteiger partial charge in [-0.05, 0) is 30.2 Å². The third-order valence-corrected chi connectivity index (χ3v) is 4.49. The predicted octanol–water partition coefficient (Wildman–Crippen LogP) is 1.26. The lowest BCUT2D eigenvalue weighted by Gasteiger charge is -2.14. The number of carbonyl (C=O) groups is 3. The minimum Gasteiger partial charge on any atom is -0.496 e. The van der Waals surface area contributed by atoms with Crippen molar-refractivity contribution in [1.29, 1.82) is 0 Å². The van der Waals surface area contributed by atoms with Crippen molar-refractivity contribution in [2.45, 2.75) is 25.4 Å². The van der Waals surface area contributed by atoms with Gasteiger partial charge in [0.2, 0.25) is 5.91 Å². The molecule has 1 aliphatic heterocycles. The zero-order chi connectivity index (χ0) is 19.9. The fraction of sp³-hybridized carbons (Fsp3) is 0.300. The normalized spacial score (nSPS) is 16.0. The summed E-state index contributed by atoms with van der Waals surface area (Å²) in [6, 6.07) is 11.5. The fourth-order valence-electron chi connectivity index (χ4n) is 3.02. The number of hydrogen-bond donors (Lipinski definition) is 2. The zero-order valence-corrected chi connectivity index (χ0v) is 15.6. The molecule has 146 valence electrons. The first kappa shape index (κ1) is 19.3. The highest BCUT2D eigenvalue weighted by atomic mass is 16.5. The highest BCUT2D eigenvalue weighted by Gasteiger charge is 2.38. The van der Waals surface area contributed by atoms with E-state index < -0.39 is 18.0 Å². The van der Waals surface area contributed by atoms with Crippen LogP contribution in [-0.4, -0.2) is 47.4 Å². The molecule has 0 bridgehead atoms. The summed E-state index contributed by atoms with van der Waals surface area (Å²) >= 11 is 0. The smallest absolute Gasteiger partial charge is 0.324 e. The number of aromatic nitrogens is 1. The summed E-state index contributed by atoms with van der Waals surface area (Å²) in [5.74, 6) is -0.0104. The molecular weight excluding hydrogens is 360 g/mol. The number of rotatable bonds is 8. The van der Waals surface area contributed by atoms with Crippen molar-refractivity contribution in [3.63, 3.8) is 0 Å². The van der Waals surface area contributed by atoms with Crippen LogP contribution in [0.25, 0.3) is 0 Å². The van der Waals surface area contributed by atoms with Gasteiger partial charge in [0.15, 0.2) is 0 Å². The molecule has 0 spiro atoms. The van der Waals surface area contributed by atoms with Gasteiger partial charge in [-0.1, -0.05) is 24.3 Å². The molecule has 0 saturated carbocycles. The number of amides is 4. The number of nitrogens with zero attached hydrogens (tertiary/aromatic N) is 2. The maximum Gasteiger partial charge on any atom is 0.324 e. The van der Waals surface area contributed by atoms with Gasteiger partial charge in [-0.25, -0.2) is 4.79 Å². The van der Waals surface area contributed by atoms with Crippen LogP contribution >= 0.6 is 0 Å². The molecule has 8 nitrogen and oxygen atoms in total. The molecular formula is C20H22N4O4. The molecule has 1 fully saturated rings. The average molecular weight is 382 g/mol. The van der Waals surface area contributed by atoms with Crippen molar-refractivity contribution in [3.8, 4) is 5.75 Å². The Morgan fingerprint density at radius 3 is 2.75 bits per heavy atom. The number of para-hydroxylation sites is 1. The molecule has 0 aliphatic carbocycles. The van der Waals surface area contributed by atoms with Crippen LogP contribution in [-0.2, 0) is 22.6 Å². The van der Waals surface area contributed by atoms with Crippen LogP contribution in [0.3, 0.4) is 0 Å². The number of benzene rings is 1. The van der Waals surface area contributed by atoms with Crippen LogP contribution in [0.1, 0.15) is 17.7 Å². The van der Waals surface area contributed by atoms with Gasteiger partial charge in [0, 0.05) is 12.7 Å². The van der Waals surface area contributed by atoms with Crippen molar-refractivity contribution in [1.82, 2.24) is 20.5 Å². The van der Waals surface area contributed by atoms with Crippen molar-refractivity contribution >= 4 is 17.8 Å². The van der Waals surface area contributed by atoms with E-state index in [4.69, 9.17) is 4.74 Å². The van der Waals surface area contributed by atoms with Crippen LogP contribution in [0.5, 0.6) is 5.75 Å². The van der Waals surface area contributed by atoms with Crippen molar-refractivity contribution in [2.24, 2.45) is 0 Å². The number of methoxy groups -OCH3 is 1. The molecule has 0 radical (unpaired) electrons. The molecule has 2 aromatic rings. The lowest BCUT2D eigenvalue weighted by Crippen LogP contribution is -2.36. The van der Waals surface area contributed by atoms with Crippen LogP contribution in [0.15, 0.2) is 48.7 Å². The number of urea groups is 1. The number of pyridine rings is 1. The van der Waals surface area contributed by atoms with E-state index in [1.165, 1.54) is 0 Å².